The van der Waals surface area contributed by atoms with Crippen LogP contribution in [0.2, 0.25) is 0 Å². The van der Waals surface area contributed by atoms with Crippen LogP contribution in [-0.2, 0) is 14.3 Å². The van der Waals surface area contributed by atoms with E-state index in [0.717, 1.165) is 10.6 Å². The summed E-state index contributed by atoms with van der Waals surface area (Å²) in [6.07, 6.45) is -1.38. The lowest BCUT2D eigenvalue weighted by Crippen LogP contribution is -2.51. The minimum absolute atomic E-state index is 0.00372. The van der Waals surface area contributed by atoms with E-state index in [4.69, 9.17) is 20.9 Å². The second-order valence-electron chi connectivity index (χ2n) is 6.47. The Morgan fingerprint density at radius 2 is 2.27 bits per heavy atom. The van der Waals surface area contributed by atoms with Crippen LogP contribution < -0.4 is 17.2 Å². The van der Waals surface area contributed by atoms with Gasteiger partial charge < -0.3 is 31.2 Å². The fraction of sp³-hybridized carbons (Fsp3) is 0.562. The Balaban J connectivity index is 2.41. The minimum atomic E-state index is -2.00. The summed E-state index contributed by atoms with van der Waals surface area (Å²) in [6, 6.07) is 0.416. The number of hydrogen-bond acceptors (Lipinski definition) is 9. The molecule has 3 unspecified atom stereocenters. The van der Waals surface area contributed by atoms with Gasteiger partial charge in [-0.3, -0.25) is 9.36 Å². The van der Waals surface area contributed by atoms with Gasteiger partial charge in [0.25, 0.3) is 0 Å². The average Bonchev–Trinajstić information content (AvgIpc) is 2.87. The van der Waals surface area contributed by atoms with Crippen LogP contribution in [0.25, 0.3) is 0 Å². The zero-order valence-electron chi connectivity index (χ0n) is 14.6. The predicted molar refractivity (Wildman–Crippen MR) is 91.7 cm³/mol. The van der Waals surface area contributed by atoms with Crippen LogP contribution in [-0.4, -0.2) is 56.2 Å². The van der Waals surface area contributed by atoms with Crippen molar-refractivity contribution in [3.8, 4) is 0 Å². The van der Waals surface area contributed by atoms with Crippen molar-refractivity contribution >= 4 is 11.8 Å². The molecule has 5 atom stereocenters. The van der Waals surface area contributed by atoms with Gasteiger partial charge in [-0.05, 0) is 12.0 Å². The third kappa shape index (κ3) is 3.49. The second-order valence-corrected chi connectivity index (χ2v) is 6.47. The van der Waals surface area contributed by atoms with Crippen molar-refractivity contribution in [1.29, 1.82) is 0 Å². The number of nitrogens with zero attached hydrogens (tertiary/aromatic N) is 2. The number of aliphatic hydroxyl groups is 2. The predicted octanol–water partition coefficient (Wildman–Crippen LogP) is -1.47. The Labute approximate surface area is 150 Å². The largest absolute Gasteiger partial charge is 0.455 e. The summed E-state index contributed by atoms with van der Waals surface area (Å²) in [7, 11) is 0. The normalized spacial score (nSPS) is 29.5. The molecule has 0 bridgehead atoms. The zero-order chi connectivity index (χ0) is 19.6. The molecule has 1 aromatic heterocycles. The van der Waals surface area contributed by atoms with Gasteiger partial charge in [0.05, 0.1) is 6.61 Å². The monoisotopic (exact) mass is 368 g/mol. The van der Waals surface area contributed by atoms with Crippen LogP contribution >= 0.6 is 0 Å². The highest BCUT2D eigenvalue weighted by molar-refractivity contribution is 5.76. The number of esters is 1. The first-order valence-corrected chi connectivity index (χ1v) is 8.08. The summed E-state index contributed by atoms with van der Waals surface area (Å²) in [6.45, 7) is 6.46. The van der Waals surface area contributed by atoms with E-state index in [2.05, 4.69) is 11.6 Å². The van der Waals surface area contributed by atoms with Gasteiger partial charge in [0.15, 0.2) is 17.9 Å². The number of nitrogens with two attached hydrogens (primary N) is 2. The number of nitrogen functional groups attached to an aromatic ring is 1. The molecule has 1 aliphatic heterocycles. The highest BCUT2D eigenvalue weighted by Crippen LogP contribution is 2.40. The Bertz CT molecular complexity index is 736. The number of rotatable bonds is 6. The van der Waals surface area contributed by atoms with Crippen LogP contribution in [0.4, 0.5) is 5.82 Å². The SMILES string of the molecule is C=CC1(O)C(OC(=O)C(N)C(C)C)[C@@H](CO)O[C@H]1n1ccc(N)nc1=O. The molecule has 1 aliphatic rings. The van der Waals surface area contributed by atoms with Gasteiger partial charge >= 0.3 is 11.7 Å². The number of anilines is 1. The minimum Gasteiger partial charge on any atom is -0.455 e. The number of ether oxygens (including phenoxy) is 2. The molecule has 144 valence electrons. The molecule has 26 heavy (non-hydrogen) atoms. The number of carbonyl (C=O) groups excluding carboxylic acids is 1. The van der Waals surface area contributed by atoms with Gasteiger partial charge in [0, 0.05) is 6.20 Å². The highest BCUT2D eigenvalue weighted by atomic mass is 16.6. The first-order chi connectivity index (χ1) is 12.2. The lowest BCUT2D eigenvalue weighted by molar-refractivity contribution is -0.163. The Hall–Kier alpha value is -2.27. The Kier molecular flexibility index (Phi) is 5.81. The lowest BCUT2D eigenvalue weighted by atomic mass is 9.93. The van der Waals surface area contributed by atoms with Crippen molar-refractivity contribution in [2.45, 2.75) is 43.9 Å². The van der Waals surface area contributed by atoms with E-state index in [0.29, 0.717) is 0 Å². The van der Waals surface area contributed by atoms with Crippen molar-refractivity contribution in [3.63, 3.8) is 0 Å². The van der Waals surface area contributed by atoms with Crippen LogP contribution in [0.1, 0.15) is 20.1 Å². The molecule has 0 aliphatic carbocycles. The number of carbonyl (C=O) groups is 1. The molecule has 10 nitrogen and oxygen atoms in total. The molecule has 1 fully saturated rings. The molecular weight excluding hydrogens is 344 g/mol. The number of aliphatic hydroxyl groups excluding tert-OH is 1. The molecular formula is C16H24N4O6. The maximum atomic E-state index is 12.2. The van der Waals surface area contributed by atoms with E-state index in [1.165, 1.54) is 12.3 Å². The van der Waals surface area contributed by atoms with Gasteiger partial charge in [0.2, 0.25) is 0 Å². The van der Waals surface area contributed by atoms with Crippen LogP contribution in [0, 0.1) is 5.92 Å². The topological polar surface area (TPSA) is 163 Å². The van der Waals surface area contributed by atoms with E-state index < -0.39 is 48.3 Å². The van der Waals surface area contributed by atoms with Crippen molar-refractivity contribution in [1.82, 2.24) is 9.55 Å². The fourth-order valence-corrected chi connectivity index (χ4v) is 2.68. The maximum Gasteiger partial charge on any atom is 0.351 e. The molecule has 1 aromatic rings. The Morgan fingerprint density at radius 1 is 1.62 bits per heavy atom. The van der Waals surface area contributed by atoms with Crippen molar-refractivity contribution in [2.24, 2.45) is 11.7 Å². The Morgan fingerprint density at radius 3 is 2.77 bits per heavy atom. The van der Waals surface area contributed by atoms with Gasteiger partial charge in [-0.25, -0.2) is 4.79 Å². The van der Waals surface area contributed by atoms with Gasteiger partial charge in [-0.2, -0.15) is 4.98 Å². The molecule has 0 aromatic carbocycles. The second kappa shape index (κ2) is 7.54. The molecule has 6 N–H and O–H groups in total. The average molecular weight is 368 g/mol. The van der Waals surface area contributed by atoms with Gasteiger partial charge in [-0.15, -0.1) is 0 Å². The summed E-state index contributed by atoms with van der Waals surface area (Å²) in [5, 5.41) is 20.6. The summed E-state index contributed by atoms with van der Waals surface area (Å²) in [4.78, 5) is 27.9. The zero-order valence-corrected chi connectivity index (χ0v) is 14.6. The molecule has 0 saturated carbocycles. The van der Waals surface area contributed by atoms with E-state index >= 15 is 0 Å². The first kappa shape index (κ1) is 20.0. The smallest absolute Gasteiger partial charge is 0.351 e. The standard InChI is InChI=1S/C16H24N4O6/c1-4-16(24)12(26-13(22)11(18)8(2)3)9(7-21)25-14(16)20-6-5-10(17)19-15(20)23/h4-6,8-9,11-12,14,21,24H,1,7,18H2,2-3H3,(H2,17,19,23)/t9-,11?,12?,14-,16?/m1/s1. The molecule has 0 radical (unpaired) electrons. The maximum absolute atomic E-state index is 12.2. The van der Waals surface area contributed by atoms with E-state index in [9.17, 15) is 19.8 Å². The van der Waals surface area contributed by atoms with E-state index in [-0.39, 0.29) is 11.7 Å². The molecule has 2 heterocycles. The van der Waals surface area contributed by atoms with Crippen molar-refractivity contribution in [3.05, 3.63) is 35.4 Å². The van der Waals surface area contributed by atoms with Gasteiger partial charge in [0.1, 0.15) is 18.0 Å². The summed E-state index contributed by atoms with van der Waals surface area (Å²) >= 11 is 0. The molecule has 0 spiro atoms. The van der Waals surface area contributed by atoms with Crippen LogP contribution in [0.5, 0.6) is 0 Å². The first-order valence-electron chi connectivity index (χ1n) is 8.08. The molecule has 0 amide bonds. The van der Waals surface area contributed by atoms with E-state index in [1.807, 2.05) is 0 Å². The quantitative estimate of drug-likeness (QED) is 0.346. The van der Waals surface area contributed by atoms with E-state index in [1.54, 1.807) is 13.8 Å². The third-order valence-corrected chi connectivity index (χ3v) is 4.34. The summed E-state index contributed by atoms with van der Waals surface area (Å²) in [5.74, 6) is -0.972. The third-order valence-electron chi connectivity index (χ3n) is 4.34. The molecule has 2 rings (SSSR count). The number of aromatic nitrogens is 2. The van der Waals surface area contributed by atoms with Gasteiger partial charge in [-0.1, -0.05) is 26.5 Å². The molecule has 1 saturated heterocycles. The van der Waals surface area contributed by atoms with Crippen molar-refractivity contribution < 1.29 is 24.5 Å². The van der Waals surface area contributed by atoms with Crippen LogP contribution in [0.3, 0.4) is 0 Å². The number of hydrogen-bond donors (Lipinski definition) is 4. The fourth-order valence-electron chi connectivity index (χ4n) is 2.68. The summed E-state index contributed by atoms with van der Waals surface area (Å²) in [5.41, 5.74) is 8.46. The highest BCUT2D eigenvalue weighted by Gasteiger charge is 2.57. The summed E-state index contributed by atoms with van der Waals surface area (Å²) < 4.78 is 11.9. The van der Waals surface area contributed by atoms with Crippen LogP contribution in [0.15, 0.2) is 29.7 Å². The van der Waals surface area contributed by atoms with Crippen molar-refractivity contribution in [2.75, 3.05) is 12.3 Å². The lowest BCUT2D eigenvalue weighted by Gasteiger charge is -2.31. The molecule has 10 heteroatoms.